The minimum atomic E-state index is -0.572. The summed E-state index contributed by atoms with van der Waals surface area (Å²) in [6.45, 7) is 9.10. The Labute approximate surface area is 216 Å². The van der Waals surface area contributed by atoms with Crippen LogP contribution in [0, 0.1) is 0 Å². The van der Waals surface area contributed by atoms with E-state index in [1.54, 1.807) is 25.9 Å². The van der Waals surface area contributed by atoms with E-state index in [0.29, 0.717) is 41.4 Å². The van der Waals surface area contributed by atoms with E-state index in [0.717, 1.165) is 30.5 Å². The van der Waals surface area contributed by atoms with E-state index >= 15 is 0 Å². The standard InChI is InChI=1S/C25H35ClN6O4/c1-8-9-10-27-22-21-18(28-23(26)29-22)15-32(30-21)14-17-19(34-6)11-16(12-20(17)35-7)13-31(5)24(33)36-25(2,3)4/h11-12,15H,8-10,13-14H2,1-7H3,(H,27,28,29). The minimum absolute atomic E-state index is 0.162. The number of carbonyl (C=O) groups is 1. The summed E-state index contributed by atoms with van der Waals surface area (Å²) in [6.07, 6.45) is 3.48. The number of aromatic nitrogens is 4. The van der Waals surface area contributed by atoms with Crippen molar-refractivity contribution in [3.8, 4) is 11.5 Å². The molecule has 0 aliphatic heterocycles. The highest BCUT2D eigenvalue weighted by Gasteiger charge is 2.21. The highest BCUT2D eigenvalue weighted by molar-refractivity contribution is 6.28. The molecule has 3 aromatic rings. The van der Waals surface area contributed by atoms with Gasteiger partial charge in [-0.3, -0.25) is 4.68 Å². The Kier molecular flexibility index (Phi) is 8.84. The average molecular weight is 519 g/mol. The van der Waals surface area contributed by atoms with Gasteiger partial charge >= 0.3 is 6.09 Å². The molecule has 1 aromatic carbocycles. The van der Waals surface area contributed by atoms with Crippen LogP contribution >= 0.6 is 11.6 Å². The van der Waals surface area contributed by atoms with Gasteiger partial charge in [-0.25, -0.2) is 9.78 Å². The first-order valence-electron chi connectivity index (χ1n) is 11.9. The van der Waals surface area contributed by atoms with Crippen LogP contribution in [0.1, 0.15) is 51.7 Å². The molecular weight excluding hydrogens is 484 g/mol. The molecule has 0 radical (unpaired) electrons. The van der Waals surface area contributed by atoms with Crippen LogP contribution in [0.2, 0.25) is 5.28 Å². The molecule has 0 unspecified atom stereocenters. The molecule has 0 spiro atoms. The van der Waals surface area contributed by atoms with E-state index < -0.39 is 11.7 Å². The van der Waals surface area contributed by atoms with E-state index in [4.69, 9.17) is 30.9 Å². The second-order valence-electron chi connectivity index (χ2n) is 9.50. The van der Waals surface area contributed by atoms with Gasteiger partial charge in [0.15, 0.2) is 11.3 Å². The number of hydrogen-bond donors (Lipinski definition) is 1. The van der Waals surface area contributed by atoms with Crippen molar-refractivity contribution in [2.45, 2.75) is 59.2 Å². The lowest BCUT2D eigenvalue weighted by Crippen LogP contribution is -2.33. The monoisotopic (exact) mass is 518 g/mol. The third-order valence-electron chi connectivity index (χ3n) is 5.32. The largest absolute Gasteiger partial charge is 0.496 e. The van der Waals surface area contributed by atoms with Gasteiger partial charge in [0.05, 0.1) is 32.5 Å². The molecule has 0 saturated heterocycles. The molecule has 196 valence electrons. The minimum Gasteiger partial charge on any atom is -0.496 e. The van der Waals surface area contributed by atoms with Crippen molar-refractivity contribution in [1.29, 1.82) is 0 Å². The first-order chi connectivity index (χ1) is 17.0. The topological polar surface area (TPSA) is 104 Å². The number of halogens is 1. The zero-order valence-electron chi connectivity index (χ0n) is 22.0. The van der Waals surface area contributed by atoms with E-state index in [-0.39, 0.29) is 5.28 Å². The van der Waals surface area contributed by atoms with E-state index in [9.17, 15) is 4.79 Å². The smallest absolute Gasteiger partial charge is 0.410 e. The molecule has 10 nitrogen and oxygen atoms in total. The number of benzene rings is 1. The second kappa shape index (κ2) is 11.6. The molecule has 0 saturated carbocycles. The van der Waals surface area contributed by atoms with E-state index in [1.807, 2.05) is 39.1 Å². The molecular formula is C25H35ClN6O4. The molecule has 1 amide bonds. The summed E-state index contributed by atoms with van der Waals surface area (Å²) < 4.78 is 18.6. The number of ether oxygens (including phenoxy) is 3. The van der Waals surface area contributed by atoms with Crippen molar-refractivity contribution in [2.24, 2.45) is 0 Å². The summed E-state index contributed by atoms with van der Waals surface area (Å²) in [5.41, 5.74) is 2.35. The number of nitrogens with zero attached hydrogens (tertiary/aromatic N) is 5. The maximum absolute atomic E-state index is 12.4. The molecule has 3 rings (SSSR count). The third kappa shape index (κ3) is 6.90. The van der Waals surface area contributed by atoms with Crippen molar-refractivity contribution < 1.29 is 19.0 Å². The summed E-state index contributed by atoms with van der Waals surface area (Å²) in [7, 11) is 4.88. The number of nitrogens with one attached hydrogen (secondary N) is 1. The Morgan fingerprint density at radius 1 is 1.17 bits per heavy atom. The van der Waals surface area contributed by atoms with Gasteiger partial charge in [0.1, 0.15) is 22.6 Å². The van der Waals surface area contributed by atoms with E-state index in [1.165, 1.54) is 4.90 Å². The fraction of sp³-hybridized carbons (Fsp3) is 0.520. The number of amides is 1. The zero-order chi connectivity index (χ0) is 26.5. The van der Waals surface area contributed by atoms with Crippen LogP contribution in [-0.2, 0) is 17.8 Å². The lowest BCUT2D eigenvalue weighted by molar-refractivity contribution is 0.0285. The number of unbranched alkanes of at least 4 members (excludes halogenated alkanes) is 1. The van der Waals surface area contributed by atoms with Gasteiger partial charge in [-0.2, -0.15) is 10.1 Å². The normalized spacial score (nSPS) is 11.4. The fourth-order valence-electron chi connectivity index (χ4n) is 3.64. The molecule has 0 atom stereocenters. The van der Waals surface area contributed by atoms with Crippen molar-refractivity contribution >= 4 is 34.5 Å². The number of fused-ring (bicyclic) bond motifs is 1. The van der Waals surface area contributed by atoms with Gasteiger partial charge < -0.3 is 24.4 Å². The third-order valence-corrected chi connectivity index (χ3v) is 5.49. The van der Waals surface area contributed by atoms with Crippen molar-refractivity contribution in [2.75, 3.05) is 33.1 Å². The highest BCUT2D eigenvalue weighted by Crippen LogP contribution is 2.32. The quantitative estimate of drug-likeness (QED) is 0.291. The van der Waals surface area contributed by atoms with Crippen LogP contribution in [0.25, 0.3) is 11.0 Å². The summed E-state index contributed by atoms with van der Waals surface area (Å²) >= 11 is 6.14. The van der Waals surface area contributed by atoms with Crippen LogP contribution in [0.4, 0.5) is 10.6 Å². The van der Waals surface area contributed by atoms with Crippen LogP contribution in [0.5, 0.6) is 11.5 Å². The Morgan fingerprint density at radius 3 is 2.42 bits per heavy atom. The van der Waals surface area contributed by atoms with Gasteiger partial charge in [-0.05, 0) is 56.5 Å². The molecule has 2 aromatic heterocycles. The number of carbonyl (C=O) groups excluding carboxylic acids is 1. The van der Waals surface area contributed by atoms with Crippen molar-refractivity contribution in [3.63, 3.8) is 0 Å². The lowest BCUT2D eigenvalue weighted by Gasteiger charge is -2.25. The van der Waals surface area contributed by atoms with Gasteiger partial charge in [0, 0.05) is 20.1 Å². The Bertz CT molecular complexity index is 1180. The van der Waals surface area contributed by atoms with E-state index in [2.05, 4.69) is 22.2 Å². The van der Waals surface area contributed by atoms with Gasteiger partial charge in [0.25, 0.3) is 0 Å². The second-order valence-corrected chi connectivity index (χ2v) is 9.84. The predicted molar refractivity (Wildman–Crippen MR) is 140 cm³/mol. The molecule has 0 aliphatic rings. The zero-order valence-corrected chi connectivity index (χ0v) is 22.8. The molecule has 36 heavy (non-hydrogen) atoms. The first kappa shape index (κ1) is 27.3. The Hall–Kier alpha value is -3.27. The molecule has 0 aliphatic carbocycles. The number of methoxy groups -OCH3 is 2. The highest BCUT2D eigenvalue weighted by atomic mass is 35.5. The molecule has 1 N–H and O–H groups in total. The lowest BCUT2D eigenvalue weighted by atomic mass is 10.1. The SMILES string of the molecule is CCCCNc1nc(Cl)nc2cn(Cc3c(OC)cc(CN(C)C(=O)OC(C)(C)C)cc3OC)nc12. The van der Waals surface area contributed by atoms with Gasteiger partial charge in [0.2, 0.25) is 5.28 Å². The molecule has 2 heterocycles. The van der Waals surface area contributed by atoms with Gasteiger partial charge in [-0.1, -0.05) is 13.3 Å². The summed E-state index contributed by atoms with van der Waals surface area (Å²) in [5, 5.41) is 8.16. The van der Waals surface area contributed by atoms with Crippen LogP contribution in [0.3, 0.4) is 0 Å². The van der Waals surface area contributed by atoms with Crippen LogP contribution < -0.4 is 14.8 Å². The summed E-state index contributed by atoms with van der Waals surface area (Å²) in [4.78, 5) is 22.5. The molecule has 11 heteroatoms. The maximum Gasteiger partial charge on any atom is 0.410 e. The number of rotatable bonds is 10. The van der Waals surface area contributed by atoms with Crippen LogP contribution in [-0.4, -0.2) is 64.2 Å². The predicted octanol–water partition coefficient (Wildman–Crippen LogP) is 5.12. The molecule has 0 fully saturated rings. The number of hydrogen-bond acceptors (Lipinski definition) is 8. The van der Waals surface area contributed by atoms with Crippen molar-refractivity contribution in [1.82, 2.24) is 24.6 Å². The Balaban J connectivity index is 1.88. The van der Waals surface area contributed by atoms with Gasteiger partial charge in [-0.15, -0.1) is 0 Å². The average Bonchev–Trinajstić information content (AvgIpc) is 3.21. The fourth-order valence-corrected chi connectivity index (χ4v) is 3.82. The maximum atomic E-state index is 12.4. The van der Waals surface area contributed by atoms with Crippen LogP contribution in [0.15, 0.2) is 18.3 Å². The number of anilines is 1. The van der Waals surface area contributed by atoms with Crippen molar-refractivity contribution in [3.05, 3.63) is 34.7 Å². The summed E-state index contributed by atoms with van der Waals surface area (Å²) in [6, 6.07) is 3.77. The molecule has 0 bridgehead atoms. The Morgan fingerprint density at radius 2 is 1.83 bits per heavy atom. The summed E-state index contributed by atoms with van der Waals surface area (Å²) in [5.74, 6) is 1.84. The first-order valence-corrected chi connectivity index (χ1v) is 12.2.